The average Bonchev–Trinajstić information content (AvgIpc) is 2.97. The molecule has 3 rings (SSSR count). The van der Waals surface area contributed by atoms with Crippen LogP contribution in [0, 0.1) is 13.8 Å². The minimum Gasteiger partial charge on any atom is -0.310 e. The van der Waals surface area contributed by atoms with Gasteiger partial charge in [0.1, 0.15) is 0 Å². The van der Waals surface area contributed by atoms with Gasteiger partial charge in [-0.3, -0.25) is 10.1 Å². The third kappa shape index (κ3) is 3.72. The molecular formula is C19H23N5OS. The molecular weight excluding hydrogens is 346 g/mol. The van der Waals surface area contributed by atoms with Gasteiger partial charge in [0, 0.05) is 24.4 Å². The van der Waals surface area contributed by atoms with Gasteiger partial charge in [0.15, 0.2) is 5.16 Å². The SMILES string of the molecule is CCn1c(NC(=O)CCc2c(C)nc(SC)nc2C)nc2ccccc21. The van der Waals surface area contributed by atoms with Crippen molar-refractivity contribution in [2.45, 2.75) is 45.3 Å². The van der Waals surface area contributed by atoms with Crippen LogP contribution in [0.1, 0.15) is 30.3 Å². The summed E-state index contributed by atoms with van der Waals surface area (Å²) in [6.07, 6.45) is 2.95. The number of rotatable bonds is 6. The van der Waals surface area contributed by atoms with Crippen LogP contribution in [0.15, 0.2) is 29.4 Å². The van der Waals surface area contributed by atoms with Crippen LogP contribution in [0.5, 0.6) is 0 Å². The first-order chi connectivity index (χ1) is 12.5. The van der Waals surface area contributed by atoms with Crippen molar-refractivity contribution in [2.24, 2.45) is 0 Å². The van der Waals surface area contributed by atoms with Crippen molar-refractivity contribution in [3.8, 4) is 0 Å². The lowest BCUT2D eigenvalue weighted by atomic mass is 10.1. The highest BCUT2D eigenvalue weighted by molar-refractivity contribution is 7.98. The van der Waals surface area contributed by atoms with Crippen molar-refractivity contribution >= 4 is 34.7 Å². The Hall–Kier alpha value is -2.41. The molecule has 0 saturated carbocycles. The van der Waals surface area contributed by atoms with Crippen LogP contribution in [0.25, 0.3) is 11.0 Å². The molecule has 0 aliphatic heterocycles. The second-order valence-electron chi connectivity index (χ2n) is 6.08. The summed E-state index contributed by atoms with van der Waals surface area (Å²) in [4.78, 5) is 26.0. The Morgan fingerprint density at radius 3 is 2.50 bits per heavy atom. The molecule has 0 aliphatic rings. The van der Waals surface area contributed by atoms with Crippen LogP contribution in [0.3, 0.4) is 0 Å². The van der Waals surface area contributed by atoms with E-state index in [0.717, 1.165) is 39.7 Å². The van der Waals surface area contributed by atoms with E-state index in [4.69, 9.17) is 0 Å². The molecule has 0 atom stereocenters. The Morgan fingerprint density at radius 2 is 1.85 bits per heavy atom. The largest absolute Gasteiger partial charge is 0.310 e. The van der Waals surface area contributed by atoms with Gasteiger partial charge < -0.3 is 4.57 Å². The van der Waals surface area contributed by atoms with E-state index < -0.39 is 0 Å². The second kappa shape index (κ2) is 7.86. The average molecular weight is 369 g/mol. The Morgan fingerprint density at radius 1 is 1.15 bits per heavy atom. The van der Waals surface area contributed by atoms with Gasteiger partial charge in [-0.2, -0.15) is 0 Å². The van der Waals surface area contributed by atoms with E-state index in [2.05, 4.69) is 20.3 Å². The minimum atomic E-state index is -0.0530. The topological polar surface area (TPSA) is 72.7 Å². The number of benzene rings is 1. The van der Waals surface area contributed by atoms with E-state index in [0.29, 0.717) is 18.8 Å². The lowest BCUT2D eigenvalue weighted by molar-refractivity contribution is -0.116. The number of hydrogen-bond donors (Lipinski definition) is 1. The number of imidazole rings is 1. The fraction of sp³-hybridized carbons (Fsp3) is 0.368. The molecule has 0 aliphatic carbocycles. The van der Waals surface area contributed by atoms with Crippen molar-refractivity contribution in [1.29, 1.82) is 0 Å². The molecule has 26 heavy (non-hydrogen) atoms. The molecule has 7 heteroatoms. The first kappa shape index (κ1) is 18.4. The van der Waals surface area contributed by atoms with Crippen molar-refractivity contribution in [3.63, 3.8) is 0 Å². The number of nitrogens with zero attached hydrogens (tertiary/aromatic N) is 4. The molecule has 1 amide bonds. The molecule has 2 aromatic heterocycles. The van der Waals surface area contributed by atoms with Gasteiger partial charge in [-0.15, -0.1) is 0 Å². The van der Waals surface area contributed by atoms with E-state index in [1.807, 2.05) is 55.9 Å². The summed E-state index contributed by atoms with van der Waals surface area (Å²) in [6, 6.07) is 7.89. The number of hydrogen-bond acceptors (Lipinski definition) is 5. The summed E-state index contributed by atoms with van der Waals surface area (Å²) in [7, 11) is 0. The standard InChI is InChI=1S/C19H23N5OS/c1-5-24-16-9-7-6-8-15(16)22-18(24)23-17(25)11-10-14-12(2)20-19(26-4)21-13(14)3/h6-9H,5,10-11H2,1-4H3,(H,22,23,25). The summed E-state index contributed by atoms with van der Waals surface area (Å²) in [5.41, 5.74) is 4.84. The fourth-order valence-electron chi connectivity index (χ4n) is 3.08. The van der Waals surface area contributed by atoms with Gasteiger partial charge >= 0.3 is 0 Å². The molecule has 1 aromatic carbocycles. The number of amides is 1. The number of para-hydroxylation sites is 2. The zero-order valence-electron chi connectivity index (χ0n) is 15.5. The van der Waals surface area contributed by atoms with Crippen LogP contribution < -0.4 is 5.32 Å². The van der Waals surface area contributed by atoms with E-state index in [9.17, 15) is 4.79 Å². The van der Waals surface area contributed by atoms with E-state index in [1.165, 1.54) is 11.8 Å². The zero-order valence-corrected chi connectivity index (χ0v) is 16.4. The fourth-order valence-corrected chi connectivity index (χ4v) is 3.53. The Labute approximate surface area is 157 Å². The van der Waals surface area contributed by atoms with Gasteiger partial charge in [0.25, 0.3) is 0 Å². The number of aromatic nitrogens is 4. The molecule has 136 valence electrons. The third-order valence-electron chi connectivity index (χ3n) is 4.41. The molecule has 0 spiro atoms. The molecule has 0 unspecified atom stereocenters. The maximum Gasteiger partial charge on any atom is 0.227 e. The van der Waals surface area contributed by atoms with Gasteiger partial charge in [-0.05, 0) is 51.1 Å². The van der Waals surface area contributed by atoms with Crippen LogP contribution >= 0.6 is 11.8 Å². The highest BCUT2D eigenvalue weighted by Gasteiger charge is 2.14. The maximum atomic E-state index is 12.5. The van der Waals surface area contributed by atoms with Crippen LogP contribution in [-0.4, -0.2) is 31.7 Å². The third-order valence-corrected chi connectivity index (χ3v) is 4.95. The van der Waals surface area contributed by atoms with Gasteiger partial charge in [0.05, 0.1) is 11.0 Å². The molecule has 6 nitrogen and oxygen atoms in total. The van der Waals surface area contributed by atoms with Crippen LogP contribution in [0.2, 0.25) is 0 Å². The van der Waals surface area contributed by atoms with Gasteiger partial charge in [0.2, 0.25) is 11.9 Å². The normalized spacial score (nSPS) is 11.1. The lowest BCUT2D eigenvalue weighted by Crippen LogP contribution is -2.17. The van der Waals surface area contributed by atoms with Gasteiger partial charge in [-0.25, -0.2) is 15.0 Å². The quantitative estimate of drug-likeness (QED) is 0.529. The number of thioether (sulfide) groups is 1. The summed E-state index contributed by atoms with van der Waals surface area (Å²) < 4.78 is 2.01. The number of fused-ring (bicyclic) bond motifs is 1. The molecule has 3 aromatic rings. The summed E-state index contributed by atoms with van der Waals surface area (Å²) >= 11 is 1.53. The summed E-state index contributed by atoms with van der Waals surface area (Å²) in [5, 5.41) is 3.72. The van der Waals surface area contributed by atoms with E-state index >= 15 is 0 Å². The highest BCUT2D eigenvalue weighted by atomic mass is 32.2. The van der Waals surface area contributed by atoms with E-state index in [-0.39, 0.29) is 5.91 Å². The second-order valence-corrected chi connectivity index (χ2v) is 6.85. The highest BCUT2D eigenvalue weighted by Crippen LogP contribution is 2.20. The molecule has 0 bridgehead atoms. The molecule has 0 radical (unpaired) electrons. The minimum absolute atomic E-state index is 0.0530. The van der Waals surface area contributed by atoms with Crippen molar-refractivity contribution in [3.05, 3.63) is 41.2 Å². The number of aryl methyl sites for hydroxylation is 3. The van der Waals surface area contributed by atoms with Crippen LogP contribution in [-0.2, 0) is 17.8 Å². The van der Waals surface area contributed by atoms with Crippen molar-refractivity contribution in [2.75, 3.05) is 11.6 Å². The Balaban J connectivity index is 1.72. The Bertz CT molecular complexity index is 927. The van der Waals surface area contributed by atoms with Gasteiger partial charge in [-0.1, -0.05) is 23.9 Å². The number of anilines is 1. The Kier molecular flexibility index (Phi) is 5.56. The zero-order chi connectivity index (χ0) is 18.7. The number of carbonyl (C=O) groups is 1. The molecule has 0 saturated heterocycles. The van der Waals surface area contributed by atoms with Crippen molar-refractivity contribution < 1.29 is 4.79 Å². The lowest BCUT2D eigenvalue weighted by Gasteiger charge is -2.11. The number of carbonyl (C=O) groups excluding carboxylic acids is 1. The molecule has 2 heterocycles. The first-order valence-corrected chi connectivity index (χ1v) is 9.89. The summed E-state index contributed by atoms with van der Waals surface area (Å²) in [6.45, 7) is 6.73. The van der Waals surface area contributed by atoms with Crippen LogP contribution in [0.4, 0.5) is 5.95 Å². The van der Waals surface area contributed by atoms with E-state index in [1.54, 1.807) is 0 Å². The summed E-state index contributed by atoms with van der Waals surface area (Å²) in [5.74, 6) is 0.545. The molecule has 0 fully saturated rings. The predicted molar refractivity (Wildman–Crippen MR) is 106 cm³/mol. The maximum absolute atomic E-state index is 12.5. The first-order valence-electron chi connectivity index (χ1n) is 8.66. The molecule has 1 N–H and O–H groups in total. The van der Waals surface area contributed by atoms with Crippen molar-refractivity contribution in [1.82, 2.24) is 19.5 Å². The number of nitrogens with one attached hydrogen (secondary N) is 1. The predicted octanol–water partition coefficient (Wildman–Crippen LogP) is 3.76. The smallest absolute Gasteiger partial charge is 0.227 e. The monoisotopic (exact) mass is 369 g/mol.